The molecule has 0 amide bonds. The van der Waals surface area contributed by atoms with Gasteiger partial charge in [-0.2, -0.15) is 0 Å². The van der Waals surface area contributed by atoms with Crippen LogP contribution in [0.3, 0.4) is 0 Å². The molecule has 0 aromatic carbocycles. The van der Waals surface area contributed by atoms with Crippen molar-refractivity contribution in [1.82, 2.24) is 0 Å². The van der Waals surface area contributed by atoms with Crippen LogP contribution in [0.25, 0.3) is 0 Å². The summed E-state index contributed by atoms with van der Waals surface area (Å²) in [6.07, 6.45) is 4.01. The smallest absolute Gasteiger partial charge is 0.306 e. The summed E-state index contributed by atoms with van der Waals surface area (Å²) in [5.41, 5.74) is 0. The van der Waals surface area contributed by atoms with Crippen molar-refractivity contribution in [2.24, 2.45) is 5.92 Å². The normalized spacial score (nSPS) is 19.1. The first-order valence-corrected chi connectivity index (χ1v) is 3.03. The molecule has 2 nitrogen and oxygen atoms in total. The molecular formula is C6H10NaO2. The molecule has 0 atom stereocenters. The van der Waals surface area contributed by atoms with Crippen molar-refractivity contribution in [1.29, 1.82) is 0 Å². The van der Waals surface area contributed by atoms with Crippen molar-refractivity contribution in [2.75, 3.05) is 0 Å². The molecule has 1 rings (SSSR count). The second-order valence-electron chi connectivity index (χ2n) is 2.32. The van der Waals surface area contributed by atoms with Gasteiger partial charge in [0, 0.05) is 29.6 Å². The van der Waals surface area contributed by atoms with Gasteiger partial charge in [0.1, 0.15) is 0 Å². The van der Waals surface area contributed by atoms with E-state index in [1.165, 1.54) is 0 Å². The van der Waals surface area contributed by atoms with E-state index in [0.29, 0.717) is 0 Å². The first-order valence-electron chi connectivity index (χ1n) is 3.03. The van der Waals surface area contributed by atoms with Gasteiger partial charge in [-0.25, -0.2) is 0 Å². The second kappa shape index (κ2) is 4.31. The minimum Gasteiger partial charge on any atom is -0.481 e. The second-order valence-corrected chi connectivity index (χ2v) is 2.32. The van der Waals surface area contributed by atoms with E-state index in [1.54, 1.807) is 0 Å². The molecule has 47 valence electrons. The monoisotopic (exact) mass is 137 g/mol. The fraction of sp³-hybridized carbons (Fsp3) is 0.833. The van der Waals surface area contributed by atoms with E-state index in [9.17, 15) is 4.79 Å². The van der Waals surface area contributed by atoms with Gasteiger partial charge in [0.05, 0.1) is 5.92 Å². The fourth-order valence-electron chi connectivity index (χ4n) is 1.17. The van der Waals surface area contributed by atoms with Gasteiger partial charge in [0.25, 0.3) is 0 Å². The van der Waals surface area contributed by atoms with E-state index in [0.717, 1.165) is 25.7 Å². The van der Waals surface area contributed by atoms with E-state index in [1.807, 2.05) is 0 Å². The largest absolute Gasteiger partial charge is 0.481 e. The Hall–Kier alpha value is 0.470. The molecule has 1 fully saturated rings. The molecule has 1 aliphatic rings. The molecule has 0 heterocycles. The molecule has 0 saturated heterocycles. The van der Waals surface area contributed by atoms with E-state index < -0.39 is 5.97 Å². The van der Waals surface area contributed by atoms with Crippen molar-refractivity contribution < 1.29 is 9.90 Å². The maximum atomic E-state index is 10.2. The van der Waals surface area contributed by atoms with E-state index in [4.69, 9.17) is 5.11 Å². The van der Waals surface area contributed by atoms with Crippen LogP contribution in [-0.4, -0.2) is 40.6 Å². The predicted molar refractivity (Wildman–Crippen MR) is 35.3 cm³/mol. The van der Waals surface area contributed by atoms with Gasteiger partial charge < -0.3 is 5.11 Å². The minimum absolute atomic E-state index is 0. The zero-order valence-corrected chi connectivity index (χ0v) is 7.76. The van der Waals surface area contributed by atoms with Crippen LogP contribution in [-0.2, 0) is 4.79 Å². The molecule has 1 radical (unpaired) electrons. The number of aliphatic carboxylic acids is 1. The number of rotatable bonds is 1. The quantitative estimate of drug-likeness (QED) is 0.545. The van der Waals surface area contributed by atoms with Gasteiger partial charge in [-0.15, -0.1) is 0 Å². The summed E-state index contributed by atoms with van der Waals surface area (Å²) in [7, 11) is 0. The van der Waals surface area contributed by atoms with Crippen molar-refractivity contribution in [3.63, 3.8) is 0 Å². The summed E-state index contributed by atoms with van der Waals surface area (Å²) >= 11 is 0. The van der Waals surface area contributed by atoms with E-state index >= 15 is 0 Å². The first-order chi connectivity index (χ1) is 3.80. The van der Waals surface area contributed by atoms with Gasteiger partial charge >= 0.3 is 5.97 Å². The van der Waals surface area contributed by atoms with Crippen LogP contribution in [0.2, 0.25) is 0 Å². The maximum absolute atomic E-state index is 10.2. The van der Waals surface area contributed by atoms with Crippen molar-refractivity contribution in [2.45, 2.75) is 25.7 Å². The number of carboxylic acids is 1. The van der Waals surface area contributed by atoms with Crippen LogP contribution in [0, 0.1) is 5.92 Å². The summed E-state index contributed by atoms with van der Waals surface area (Å²) < 4.78 is 0. The Morgan fingerprint density at radius 1 is 1.33 bits per heavy atom. The van der Waals surface area contributed by atoms with Crippen LogP contribution >= 0.6 is 0 Å². The number of hydrogen-bond acceptors (Lipinski definition) is 1. The molecule has 0 bridgehead atoms. The molecule has 0 aromatic heterocycles. The van der Waals surface area contributed by atoms with Crippen LogP contribution in [0.5, 0.6) is 0 Å². The van der Waals surface area contributed by atoms with E-state index in [2.05, 4.69) is 0 Å². The summed E-state index contributed by atoms with van der Waals surface area (Å²) in [6.45, 7) is 0. The third-order valence-corrected chi connectivity index (χ3v) is 1.70. The van der Waals surface area contributed by atoms with Gasteiger partial charge in [-0.1, -0.05) is 12.8 Å². The minimum atomic E-state index is -0.609. The number of carboxylic acid groups (broad SMARTS) is 1. The Bertz CT molecular complexity index is 97.2. The van der Waals surface area contributed by atoms with E-state index in [-0.39, 0.29) is 35.5 Å². The van der Waals surface area contributed by atoms with Crippen molar-refractivity contribution in [3.05, 3.63) is 0 Å². The Morgan fingerprint density at radius 2 is 1.78 bits per heavy atom. The Kier molecular flexibility index (Phi) is 4.54. The van der Waals surface area contributed by atoms with Gasteiger partial charge in [0.15, 0.2) is 0 Å². The first kappa shape index (κ1) is 9.47. The van der Waals surface area contributed by atoms with Crippen LogP contribution < -0.4 is 0 Å². The van der Waals surface area contributed by atoms with Gasteiger partial charge in [-0.05, 0) is 12.8 Å². The Balaban J connectivity index is 0.000000640. The SMILES string of the molecule is O=C(O)C1CCCC1.[Na]. The number of hydrogen-bond donors (Lipinski definition) is 1. The third-order valence-electron chi connectivity index (χ3n) is 1.70. The zero-order valence-electron chi connectivity index (χ0n) is 5.76. The third kappa shape index (κ3) is 2.70. The average molecular weight is 137 g/mol. The Morgan fingerprint density at radius 3 is 2.00 bits per heavy atom. The summed E-state index contributed by atoms with van der Waals surface area (Å²) in [4.78, 5) is 10.2. The molecule has 0 unspecified atom stereocenters. The molecule has 0 spiro atoms. The zero-order chi connectivity index (χ0) is 5.98. The summed E-state index contributed by atoms with van der Waals surface area (Å²) in [6, 6.07) is 0. The molecule has 9 heavy (non-hydrogen) atoms. The molecule has 1 aliphatic carbocycles. The van der Waals surface area contributed by atoms with Crippen LogP contribution in [0.1, 0.15) is 25.7 Å². The standard InChI is InChI=1S/C6H10O2.Na/c7-6(8)5-3-1-2-4-5;/h5H,1-4H2,(H,7,8);. The summed E-state index contributed by atoms with van der Waals surface area (Å²) in [5, 5.41) is 8.41. The summed E-state index contributed by atoms with van der Waals surface area (Å²) in [5.74, 6) is -0.627. The van der Waals surface area contributed by atoms with Crippen LogP contribution in [0.4, 0.5) is 0 Å². The molecule has 1 N–H and O–H groups in total. The molecular weight excluding hydrogens is 127 g/mol. The Labute approximate surface area is 76.9 Å². The molecule has 1 saturated carbocycles. The average Bonchev–Trinajstić information content (AvgIpc) is 2.12. The fourth-order valence-corrected chi connectivity index (χ4v) is 1.17. The van der Waals surface area contributed by atoms with Crippen molar-refractivity contribution in [3.8, 4) is 0 Å². The van der Waals surface area contributed by atoms with Crippen LogP contribution in [0.15, 0.2) is 0 Å². The van der Waals surface area contributed by atoms with Gasteiger partial charge in [-0.3, -0.25) is 4.79 Å². The van der Waals surface area contributed by atoms with Gasteiger partial charge in [0.2, 0.25) is 0 Å². The molecule has 0 aliphatic heterocycles. The molecule has 0 aromatic rings. The van der Waals surface area contributed by atoms with Crippen molar-refractivity contribution >= 4 is 35.5 Å². The number of carbonyl (C=O) groups is 1. The maximum Gasteiger partial charge on any atom is 0.306 e. The topological polar surface area (TPSA) is 37.3 Å². The molecule has 3 heteroatoms. The predicted octanol–water partition coefficient (Wildman–Crippen LogP) is 0.880.